The van der Waals surface area contributed by atoms with Gasteiger partial charge in [-0.3, -0.25) is 13.6 Å². The van der Waals surface area contributed by atoms with Crippen LogP contribution in [0, 0.1) is 0 Å². The van der Waals surface area contributed by atoms with Crippen LogP contribution in [0.25, 0.3) is 0 Å². The number of carbonyl (C=O) groups is 1. The first-order chi connectivity index (χ1) is 20.5. The third kappa shape index (κ3) is 7.79. The third-order valence-electron chi connectivity index (χ3n) is 6.25. The van der Waals surface area contributed by atoms with Gasteiger partial charge < -0.3 is 29.3 Å². The quantitative estimate of drug-likeness (QED) is 0.119. The monoisotopic (exact) mass is 594 g/mol. The third-order valence-corrected chi connectivity index (χ3v) is 7.67. The molecular weight excluding hydrogens is 563 g/mol. The number of carbonyl (C=O) groups excluding carboxylic acids is 1. The number of H-pyrrole nitrogens is 2. The van der Waals surface area contributed by atoms with Crippen molar-refractivity contribution >= 4 is 13.8 Å². The zero-order valence-corrected chi connectivity index (χ0v) is 23.5. The van der Waals surface area contributed by atoms with E-state index in [-0.39, 0.29) is 37.9 Å². The number of hydrogen-bond acceptors (Lipinski definition) is 9. The molecule has 11 nitrogen and oxygen atoms in total. The number of esters is 1. The topological polar surface area (TPSA) is 141 Å². The number of nitrogens with one attached hydrogen (secondary N) is 2. The molecule has 0 aliphatic carbocycles. The Morgan fingerprint density at radius 2 is 1.31 bits per heavy atom. The summed E-state index contributed by atoms with van der Waals surface area (Å²) in [5, 5.41) is 10.4. The Balaban J connectivity index is 1.38. The number of phosphoric ester groups is 1. The Morgan fingerprint density at radius 1 is 0.762 bits per heavy atom. The highest BCUT2D eigenvalue weighted by Crippen LogP contribution is 2.53. The molecule has 1 aliphatic heterocycles. The predicted octanol–water partition coefficient (Wildman–Crippen LogP) is 5.13. The van der Waals surface area contributed by atoms with Crippen molar-refractivity contribution in [2.75, 3.05) is 6.61 Å². The fraction of sp³-hybridized carbons (Fsp3) is 0.233. The van der Waals surface area contributed by atoms with Gasteiger partial charge in [-0.25, -0.2) is 9.36 Å². The summed E-state index contributed by atoms with van der Waals surface area (Å²) in [7, 11) is -4.34. The second-order valence-corrected chi connectivity index (χ2v) is 10.9. The molecule has 0 fully saturated rings. The average molecular weight is 595 g/mol. The Kier molecular flexibility index (Phi) is 9.91. The molecule has 12 heteroatoms. The van der Waals surface area contributed by atoms with Gasteiger partial charge in [-0.1, -0.05) is 60.7 Å². The number of aromatic amines is 2. The minimum atomic E-state index is -4.34. The van der Waals surface area contributed by atoms with Crippen LogP contribution in [-0.4, -0.2) is 39.9 Å². The van der Waals surface area contributed by atoms with E-state index in [1.807, 2.05) is 36.4 Å². The Morgan fingerprint density at radius 3 is 1.81 bits per heavy atom. The fourth-order valence-corrected chi connectivity index (χ4v) is 5.41. The zero-order chi connectivity index (χ0) is 29.2. The molecule has 3 heterocycles. The molecule has 5 rings (SSSR count). The molecule has 0 saturated heterocycles. The number of aliphatic hydroxyl groups excluding tert-OH is 1. The summed E-state index contributed by atoms with van der Waals surface area (Å²) in [5.41, 5.74) is 3.03. The molecule has 1 aliphatic rings. The van der Waals surface area contributed by atoms with E-state index < -0.39 is 32.6 Å². The summed E-state index contributed by atoms with van der Waals surface area (Å²) >= 11 is 0. The highest BCUT2D eigenvalue weighted by molar-refractivity contribution is 7.48. The van der Waals surface area contributed by atoms with Crippen LogP contribution >= 0.6 is 7.82 Å². The first kappa shape index (κ1) is 29.4. The van der Waals surface area contributed by atoms with E-state index in [1.165, 1.54) is 0 Å². The van der Waals surface area contributed by atoms with Gasteiger partial charge in [0.05, 0.1) is 19.8 Å². The van der Waals surface area contributed by atoms with Crippen molar-refractivity contribution in [2.45, 2.75) is 38.6 Å². The van der Waals surface area contributed by atoms with Crippen molar-refractivity contribution in [3.8, 4) is 0 Å². The van der Waals surface area contributed by atoms with E-state index in [4.69, 9.17) is 27.8 Å². The van der Waals surface area contributed by atoms with Crippen LogP contribution in [0.15, 0.2) is 109 Å². The molecule has 0 bridgehead atoms. The summed E-state index contributed by atoms with van der Waals surface area (Å²) in [4.78, 5) is 18.8. The summed E-state index contributed by atoms with van der Waals surface area (Å²) in [5.74, 6) is -0.996. The molecule has 0 amide bonds. The van der Waals surface area contributed by atoms with E-state index in [1.54, 1.807) is 61.2 Å². The molecule has 2 atom stereocenters. The van der Waals surface area contributed by atoms with Crippen LogP contribution in [0.4, 0.5) is 0 Å². The van der Waals surface area contributed by atoms with Gasteiger partial charge in [0, 0.05) is 35.9 Å². The van der Waals surface area contributed by atoms with Crippen LogP contribution in [0.5, 0.6) is 0 Å². The summed E-state index contributed by atoms with van der Waals surface area (Å²) in [6.07, 6.45) is 4.25. The van der Waals surface area contributed by atoms with Crippen molar-refractivity contribution in [3.05, 3.63) is 131 Å². The molecule has 0 saturated carbocycles. The standard InChI is InChI=1S/C30H31N2O9P/c33-17-26(41-42(35,38-20-22-7-3-1-4-8-22)39-21-23-9-5-2-6-10-23)27-28(36-18-24-11-13-31-15-24)29(30(34)40-27)37-19-25-12-14-32-16-25/h1-16,26-27,31-33H,17-21H2/t26-,27+/m0/s1. The minimum Gasteiger partial charge on any atom is -0.485 e. The van der Waals surface area contributed by atoms with Crippen LogP contribution in [0.1, 0.15) is 22.3 Å². The largest absolute Gasteiger partial charge is 0.485 e. The molecule has 2 aromatic heterocycles. The predicted molar refractivity (Wildman–Crippen MR) is 150 cm³/mol. The van der Waals surface area contributed by atoms with E-state index >= 15 is 0 Å². The van der Waals surface area contributed by atoms with Gasteiger partial charge in [0.1, 0.15) is 19.3 Å². The zero-order valence-electron chi connectivity index (χ0n) is 22.6. The molecular formula is C30H31N2O9P. The van der Waals surface area contributed by atoms with Gasteiger partial charge in [-0.05, 0) is 23.3 Å². The Labute approximate surface area is 242 Å². The van der Waals surface area contributed by atoms with Gasteiger partial charge >= 0.3 is 13.8 Å². The van der Waals surface area contributed by atoms with Gasteiger partial charge in [0.15, 0.2) is 11.9 Å². The van der Waals surface area contributed by atoms with Crippen molar-refractivity contribution in [2.24, 2.45) is 0 Å². The molecule has 0 radical (unpaired) electrons. The smallest absolute Gasteiger partial charge is 0.475 e. The van der Waals surface area contributed by atoms with Gasteiger partial charge in [-0.2, -0.15) is 0 Å². The minimum absolute atomic E-state index is 0.00606. The summed E-state index contributed by atoms with van der Waals surface area (Å²) < 4.78 is 48.5. The van der Waals surface area contributed by atoms with E-state index in [0.717, 1.165) is 22.3 Å². The number of cyclic esters (lactones) is 1. The number of aromatic nitrogens is 2. The lowest BCUT2D eigenvalue weighted by atomic mass is 10.2. The second-order valence-electron chi connectivity index (χ2n) is 9.33. The molecule has 0 unspecified atom stereocenters. The Bertz CT molecular complexity index is 1430. The average Bonchev–Trinajstić information content (AvgIpc) is 3.80. The highest BCUT2D eigenvalue weighted by Gasteiger charge is 2.46. The van der Waals surface area contributed by atoms with E-state index in [9.17, 15) is 14.5 Å². The van der Waals surface area contributed by atoms with Crippen molar-refractivity contribution in [1.82, 2.24) is 9.97 Å². The molecule has 2 aromatic carbocycles. The molecule has 220 valence electrons. The number of rotatable bonds is 16. The van der Waals surface area contributed by atoms with Gasteiger partial charge in [0.25, 0.3) is 0 Å². The van der Waals surface area contributed by atoms with Crippen molar-refractivity contribution in [1.29, 1.82) is 0 Å². The molecule has 42 heavy (non-hydrogen) atoms. The molecule has 0 spiro atoms. The van der Waals surface area contributed by atoms with Gasteiger partial charge in [-0.15, -0.1) is 0 Å². The number of benzene rings is 2. The van der Waals surface area contributed by atoms with Crippen molar-refractivity contribution < 1.29 is 42.2 Å². The molecule has 3 N–H and O–H groups in total. The lowest BCUT2D eigenvalue weighted by Gasteiger charge is -2.27. The normalized spacial score (nSPS) is 15.9. The maximum absolute atomic E-state index is 14.0. The lowest BCUT2D eigenvalue weighted by molar-refractivity contribution is -0.148. The van der Waals surface area contributed by atoms with Crippen molar-refractivity contribution in [3.63, 3.8) is 0 Å². The van der Waals surface area contributed by atoms with Crippen LogP contribution in [0.3, 0.4) is 0 Å². The van der Waals surface area contributed by atoms with Crippen LogP contribution < -0.4 is 0 Å². The van der Waals surface area contributed by atoms with Gasteiger partial charge in [0.2, 0.25) is 5.76 Å². The van der Waals surface area contributed by atoms with Crippen LogP contribution in [0.2, 0.25) is 0 Å². The number of hydrogen-bond donors (Lipinski definition) is 3. The maximum Gasteiger partial charge on any atom is 0.475 e. The lowest BCUT2D eigenvalue weighted by Crippen LogP contribution is -2.35. The number of ether oxygens (including phenoxy) is 3. The first-order valence-electron chi connectivity index (χ1n) is 13.2. The molecule has 4 aromatic rings. The van der Waals surface area contributed by atoms with E-state index in [2.05, 4.69) is 9.97 Å². The Hall–Kier alpha value is -4.12. The maximum atomic E-state index is 14.0. The van der Waals surface area contributed by atoms with E-state index in [0.29, 0.717) is 0 Å². The highest BCUT2D eigenvalue weighted by atomic mass is 31.2. The summed E-state index contributed by atoms with van der Waals surface area (Å²) in [6, 6.07) is 21.8. The second kappa shape index (κ2) is 14.2. The first-order valence-corrected chi connectivity index (χ1v) is 14.7. The summed E-state index contributed by atoms with van der Waals surface area (Å²) in [6.45, 7) is -0.761. The number of phosphoric acid groups is 1. The fourth-order valence-electron chi connectivity index (χ4n) is 4.09. The van der Waals surface area contributed by atoms with Crippen LogP contribution in [-0.2, 0) is 63.6 Å². The SMILES string of the molecule is O=C1O[C@H]([C@H](CO)OP(=O)(OCc2ccccc2)OCc2ccccc2)C(OCc2cc[nH]c2)=C1OCc1cc[nH]c1. The number of aliphatic hydroxyl groups is 1.